The number of ether oxygens (including phenoxy) is 1. The lowest BCUT2D eigenvalue weighted by Crippen LogP contribution is -2.30. The van der Waals surface area contributed by atoms with Crippen LogP contribution in [-0.4, -0.2) is 37.5 Å². The van der Waals surface area contributed by atoms with Crippen LogP contribution in [0.5, 0.6) is 0 Å². The number of carbonyl (C=O) groups excluding carboxylic acids is 2. The molecule has 0 saturated heterocycles. The zero-order valence-electron chi connectivity index (χ0n) is 9.88. The summed E-state index contributed by atoms with van der Waals surface area (Å²) in [4.78, 5) is 24.2. The van der Waals surface area contributed by atoms with Crippen LogP contribution in [0.1, 0.15) is 20.8 Å². The Balaban J connectivity index is 4.95. The van der Waals surface area contributed by atoms with E-state index in [-0.39, 0.29) is 18.2 Å². The first-order valence-corrected chi connectivity index (χ1v) is 4.73. The lowest BCUT2D eigenvalue weighted by molar-refractivity contribution is -0.140. The van der Waals surface area contributed by atoms with Crippen LogP contribution in [0.4, 0.5) is 0 Å². The van der Waals surface area contributed by atoms with Crippen LogP contribution in [0.15, 0.2) is 11.4 Å². The summed E-state index contributed by atoms with van der Waals surface area (Å²) >= 11 is 0. The van der Waals surface area contributed by atoms with Gasteiger partial charge in [0.15, 0.2) is 0 Å². The number of carbonyl (C=O) groups is 2. The fourth-order valence-electron chi connectivity index (χ4n) is 0.892. The Bertz CT molecular complexity index is 282. The Morgan fingerprint density at radius 1 is 1.27 bits per heavy atom. The van der Waals surface area contributed by atoms with Gasteiger partial charge in [0.2, 0.25) is 5.91 Å². The first kappa shape index (κ1) is 13.5. The highest BCUT2D eigenvalue weighted by molar-refractivity contribution is 5.93. The van der Waals surface area contributed by atoms with Crippen molar-refractivity contribution in [3.05, 3.63) is 11.4 Å². The summed E-state index contributed by atoms with van der Waals surface area (Å²) in [5.74, 6) is -0.807. The summed E-state index contributed by atoms with van der Waals surface area (Å²) < 4.78 is 4.84. The van der Waals surface area contributed by atoms with Gasteiger partial charge in [-0.3, -0.25) is 4.79 Å². The van der Waals surface area contributed by atoms with E-state index in [9.17, 15) is 9.59 Å². The molecule has 0 unspecified atom stereocenters. The molecule has 86 valence electrons. The quantitative estimate of drug-likeness (QED) is 0.546. The van der Waals surface area contributed by atoms with Crippen molar-refractivity contribution in [1.82, 2.24) is 10.2 Å². The highest BCUT2D eigenvalue weighted by atomic mass is 16.5. The van der Waals surface area contributed by atoms with Gasteiger partial charge >= 0.3 is 5.97 Å². The predicted octanol–water partition coefficient (Wildman–Crippen LogP) is 0.479. The molecule has 0 bridgehead atoms. The molecule has 0 aromatic carbocycles. The van der Waals surface area contributed by atoms with Crippen LogP contribution in [-0.2, 0) is 14.3 Å². The van der Waals surface area contributed by atoms with Crippen molar-refractivity contribution in [2.24, 2.45) is 0 Å². The second kappa shape index (κ2) is 6.06. The predicted molar refractivity (Wildman–Crippen MR) is 56.8 cm³/mol. The van der Waals surface area contributed by atoms with Crippen molar-refractivity contribution in [2.45, 2.75) is 20.8 Å². The summed E-state index contributed by atoms with van der Waals surface area (Å²) in [5, 5.41) is 2.47. The molecule has 0 aliphatic carbocycles. The van der Waals surface area contributed by atoms with E-state index < -0.39 is 5.97 Å². The fraction of sp³-hybridized carbons (Fsp3) is 0.600. The molecule has 0 spiro atoms. The minimum atomic E-state index is -0.515. The summed E-state index contributed by atoms with van der Waals surface area (Å²) in [6, 6.07) is 0. The van der Waals surface area contributed by atoms with E-state index in [4.69, 9.17) is 4.74 Å². The molecule has 0 aliphatic rings. The SMILES string of the molecule is CCOC(=O)/C(NC(C)=O)=C(\C)N(C)C. The number of nitrogens with zero attached hydrogens (tertiary/aromatic N) is 1. The third kappa shape index (κ3) is 4.49. The molecule has 1 amide bonds. The van der Waals surface area contributed by atoms with Crippen LogP contribution < -0.4 is 5.32 Å². The molecule has 15 heavy (non-hydrogen) atoms. The molecule has 0 aliphatic heterocycles. The summed E-state index contributed by atoms with van der Waals surface area (Å²) in [6.45, 7) is 5.08. The molecule has 0 aromatic rings. The largest absolute Gasteiger partial charge is 0.461 e. The van der Waals surface area contributed by atoms with Gasteiger partial charge in [-0.05, 0) is 13.8 Å². The van der Waals surface area contributed by atoms with Crippen molar-refractivity contribution in [3.8, 4) is 0 Å². The lowest BCUT2D eigenvalue weighted by Gasteiger charge is -2.17. The zero-order valence-corrected chi connectivity index (χ0v) is 9.88. The van der Waals surface area contributed by atoms with Crippen LogP contribution in [0, 0.1) is 0 Å². The number of esters is 1. The third-order valence-corrected chi connectivity index (χ3v) is 1.81. The highest BCUT2D eigenvalue weighted by Crippen LogP contribution is 2.05. The van der Waals surface area contributed by atoms with Crippen molar-refractivity contribution < 1.29 is 14.3 Å². The summed E-state index contributed by atoms with van der Waals surface area (Å²) in [6.07, 6.45) is 0. The van der Waals surface area contributed by atoms with E-state index in [1.54, 1.807) is 32.8 Å². The Morgan fingerprint density at radius 2 is 1.80 bits per heavy atom. The minimum Gasteiger partial charge on any atom is -0.461 e. The van der Waals surface area contributed by atoms with Gasteiger partial charge in [-0.25, -0.2) is 4.79 Å². The monoisotopic (exact) mass is 214 g/mol. The maximum atomic E-state index is 11.5. The van der Waals surface area contributed by atoms with Gasteiger partial charge in [-0.2, -0.15) is 0 Å². The van der Waals surface area contributed by atoms with E-state index in [1.807, 2.05) is 0 Å². The average Bonchev–Trinajstić information content (AvgIpc) is 2.13. The average molecular weight is 214 g/mol. The molecule has 0 atom stereocenters. The smallest absolute Gasteiger partial charge is 0.356 e. The first-order chi connectivity index (χ1) is 6.90. The summed E-state index contributed by atoms with van der Waals surface area (Å²) in [5.41, 5.74) is 0.845. The molecule has 0 saturated carbocycles. The topological polar surface area (TPSA) is 58.6 Å². The second-order valence-corrected chi connectivity index (χ2v) is 3.26. The van der Waals surface area contributed by atoms with Gasteiger partial charge in [0.1, 0.15) is 5.70 Å². The maximum Gasteiger partial charge on any atom is 0.356 e. The standard InChI is InChI=1S/C10H18N2O3/c1-6-15-10(14)9(11-8(3)13)7(2)12(4)5/h6H2,1-5H3,(H,11,13)/b9-7-. The number of allylic oxidation sites excluding steroid dienone is 1. The van der Waals surface area contributed by atoms with E-state index in [0.717, 1.165) is 0 Å². The van der Waals surface area contributed by atoms with Crippen LogP contribution in [0.2, 0.25) is 0 Å². The van der Waals surface area contributed by atoms with Gasteiger partial charge in [-0.1, -0.05) is 0 Å². The molecule has 1 N–H and O–H groups in total. The van der Waals surface area contributed by atoms with E-state index >= 15 is 0 Å². The number of hydrogen-bond donors (Lipinski definition) is 1. The van der Waals surface area contributed by atoms with E-state index in [0.29, 0.717) is 5.70 Å². The molecule has 5 nitrogen and oxygen atoms in total. The molecule has 0 fully saturated rings. The van der Waals surface area contributed by atoms with E-state index in [2.05, 4.69) is 5.32 Å². The van der Waals surface area contributed by atoms with Crippen molar-refractivity contribution in [3.63, 3.8) is 0 Å². The van der Waals surface area contributed by atoms with Gasteiger partial charge < -0.3 is 15.0 Å². The number of amides is 1. The van der Waals surface area contributed by atoms with Crippen molar-refractivity contribution >= 4 is 11.9 Å². The molecule has 0 rings (SSSR count). The van der Waals surface area contributed by atoms with Crippen LogP contribution in [0.25, 0.3) is 0 Å². The molecular weight excluding hydrogens is 196 g/mol. The number of rotatable bonds is 4. The first-order valence-electron chi connectivity index (χ1n) is 4.73. The normalized spacial score (nSPS) is 11.5. The zero-order chi connectivity index (χ0) is 12.0. The van der Waals surface area contributed by atoms with Crippen molar-refractivity contribution in [1.29, 1.82) is 0 Å². The second-order valence-electron chi connectivity index (χ2n) is 3.26. The fourth-order valence-corrected chi connectivity index (χ4v) is 0.892. The molecular formula is C10H18N2O3. The Kier molecular flexibility index (Phi) is 5.44. The van der Waals surface area contributed by atoms with Gasteiger partial charge in [0, 0.05) is 26.7 Å². The minimum absolute atomic E-state index is 0.189. The summed E-state index contributed by atoms with van der Waals surface area (Å²) in [7, 11) is 3.58. The van der Waals surface area contributed by atoms with E-state index in [1.165, 1.54) is 6.92 Å². The highest BCUT2D eigenvalue weighted by Gasteiger charge is 2.16. The maximum absolute atomic E-state index is 11.5. The lowest BCUT2D eigenvalue weighted by atomic mass is 10.3. The third-order valence-electron chi connectivity index (χ3n) is 1.81. The molecule has 0 heterocycles. The van der Waals surface area contributed by atoms with Crippen molar-refractivity contribution in [2.75, 3.05) is 20.7 Å². The van der Waals surface area contributed by atoms with Crippen LogP contribution in [0.3, 0.4) is 0 Å². The number of hydrogen-bond acceptors (Lipinski definition) is 4. The molecule has 0 radical (unpaired) electrons. The Labute approximate surface area is 90.1 Å². The Hall–Kier alpha value is -1.52. The van der Waals surface area contributed by atoms with Crippen LogP contribution >= 0.6 is 0 Å². The number of nitrogens with one attached hydrogen (secondary N) is 1. The van der Waals surface area contributed by atoms with Gasteiger partial charge in [-0.15, -0.1) is 0 Å². The molecule has 0 aromatic heterocycles. The molecule has 5 heteroatoms. The van der Waals surface area contributed by atoms with Gasteiger partial charge in [0.05, 0.1) is 6.61 Å². The Morgan fingerprint density at radius 3 is 2.13 bits per heavy atom. The van der Waals surface area contributed by atoms with Gasteiger partial charge in [0.25, 0.3) is 0 Å².